The average molecular weight is 405 g/mol. The average Bonchev–Trinajstić information content (AvgIpc) is 3.47. The first-order chi connectivity index (χ1) is 13.3. The summed E-state index contributed by atoms with van der Waals surface area (Å²) in [6, 6.07) is 10.1. The maximum absolute atomic E-state index is 12.2. The number of carbonyl (C=O) groups is 2. The van der Waals surface area contributed by atoms with Gasteiger partial charge in [0.2, 0.25) is 5.75 Å². The van der Waals surface area contributed by atoms with Crippen LogP contribution in [-0.4, -0.2) is 28.9 Å². The van der Waals surface area contributed by atoms with Gasteiger partial charge in [0.1, 0.15) is 5.75 Å². The van der Waals surface area contributed by atoms with Crippen LogP contribution in [0.3, 0.4) is 0 Å². The molecule has 0 aliphatic heterocycles. The second-order valence-electron chi connectivity index (χ2n) is 6.33. The molecule has 9 heteroatoms. The lowest BCUT2D eigenvalue weighted by atomic mass is 10.2. The molecule has 0 heterocycles. The number of benzene rings is 2. The maximum Gasteiger partial charge on any atom is 0.338 e. The molecule has 0 unspecified atom stereocenters. The van der Waals surface area contributed by atoms with E-state index in [1.807, 2.05) is 0 Å². The minimum atomic E-state index is -0.902. The molecular formula is C19H17ClN2O6. The lowest BCUT2D eigenvalue weighted by molar-refractivity contribution is -0.385. The monoisotopic (exact) mass is 404 g/mol. The van der Waals surface area contributed by atoms with Crippen LogP contribution < -0.4 is 10.1 Å². The first kappa shape index (κ1) is 19.6. The number of nitro groups is 1. The van der Waals surface area contributed by atoms with Crippen molar-refractivity contribution >= 4 is 29.2 Å². The summed E-state index contributed by atoms with van der Waals surface area (Å²) in [4.78, 5) is 34.5. The van der Waals surface area contributed by atoms with E-state index in [2.05, 4.69) is 5.32 Å². The van der Waals surface area contributed by atoms with Crippen LogP contribution in [-0.2, 0) is 9.53 Å². The molecule has 1 fully saturated rings. The number of nitrogens with zero attached hydrogens (tertiary/aromatic N) is 1. The van der Waals surface area contributed by atoms with Crippen LogP contribution in [0.1, 0.15) is 30.1 Å². The molecule has 0 radical (unpaired) electrons. The number of amides is 1. The van der Waals surface area contributed by atoms with Crippen LogP contribution >= 0.6 is 11.6 Å². The Labute approximate surface area is 165 Å². The molecule has 1 aliphatic rings. The van der Waals surface area contributed by atoms with Gasteiger partial charge in [-0.1, -0.05) is 11.6 Å². The number of nitro benzene ring substituents is 1. The summed E-state index contributed by atoms with van der Waals surface area (Å²) in [5, 5.41) is 14.1. The van der Waals surface area contributed by atoms with Crippen molar-refractivity contribution < 1.29 is 24.0 Å². The first-order valence-corrected chi connectivity index (χ1v) is 8.94. The van der Waals surface area contributed by atoms with Crippen LogP contribution in [0.4, 0.5) is 5.69 Å². The molecule has 0 bridgehead atoms. The highest BCUT2D eigenvalue weighted by molar-refractivity contribution is 6.30. The number of halogens is 1. The number of nitrogens with one attached hydrogen (secondary N) is 1. The van der Waals surface area contributed by atoms with E-state index in [1.54, 1.807) is 0 Å². The second-order valence-corrected chi connectivity index (χ2v) is 6.76. The number of hydrogen-bond donors (Lipinski definition) is 1. The van der Waals surface area contributed by atoms with Crippen molar-refractivity contribution in [3.8, 4) is 11.5 Å². The summed E-state index contributed by atoms with van der Waals surface area (Å²) in [5.41, 5.74) is -0.0458. The van der Waals surface area contributed by atoms with E-state index in [0.717, 1.165) is 12.8 Å². The van der Waals surface area contributed by atoms with Gasteiger partial charge in [0.05, 0.1) is 10.5 Å². The molecule has 146 valence electrons. The van der Waals surface area contributed by atoms with Crippen molar-refractivity contribution in [2.75, 3.05) is 0 Å². The van der Waals surface area contributed by atoms with Crippen molar-refractivity contribution in [3.63, 3.8) is 0 Å². The molecule has 28 heavy (non-hydrogen) atoms. The van der Waals surface area contributed by atoms with Crippen LogP contribution in [0.2, 0.25) is 5.02 Å². The minimum Gasteiger partial charge on any atom is -0.450 e. The van der Waals surface area contributed by atoms with E-state index in [4.69, 9.17) is 21.1 Å². The maximum atomic E-state index is 12.2. The highest BCUT2D eigenvalue weighted by Gasteiger charge is 2.27. The van der Waals surface area contributed by atoms with Gasteiger partial charge >= 0.3 is 11.7 Å². The quantitative estimate of drug-likeness (QED) is 0.426. The van der Waals surface area contributed by atoms with Crippen molar-refractivity contribution in [2.45, 2.75) is 31.9 Å². The molecule has 0 saturated heterocycles. The predicted molar refractivity (Wildman–Crippen MR) is 101 cm³/mol. The second kappa shape index (κ2) is 8.26. The van der Waals surface area contributed by atoms with E-state index in [1.165, 1.54) is 49.4 Å². The summed E-state index contributed by atoms with van der Waals surface area (Å²) in [6.45, 7) is 1.51. The summed E-state index contributed by atoms with van der Waals surface area (Å²) in [7, 11) is 0. The van der Waals surface area contributed by atoms with Crippen LogP contribution in [0.5, 0.6) is 11.5 Å². The zero-order valence-corrected chi connectivity index (χ0v) is 15.6. The topological polar surface area (TPSA) is 108 Å². The van der Waals surface area contributed by atoms with Gasteiger partial charge < -0.3 is 14.8 Å². The Hall–Kier alpha value is -3.13. The Morgan fingerprint density at radius 1 is 1.21 bits per heavy atom. The fourth-order valence-corrected chi connectivity index (χ4v) is 2.50. The standard InChI is InChI=1S/C19H17ClN2O6/c1-11(18(23)21-14-5-6-14)27-19(24)12-2-7-15(8-3-12)28-17-9-4-13(20)10-16(17)22(25)26/h2-4,7-11,14H,5-6H2,1H3,(H,21,23)/t11-/m1/s1. The third-order valence-corrected chi connectivity index (χ3v) is 4.25. The van der Waals surface area contributed by atoms with Crippen molar-refractivity contribution in [2.24, 2.45) is 0 Å². The Kier molecular flexibility index (Phi) is 5.79. The highest BCUT2D eigenvalue weighted by atomic mass is 35.5. The smallest absolute Gasteiger partial charge is 0.338 e. The van der Waals surface area contributed by atoms with Gasteiger partial charge in [0, 0.05) is 17.1 Å². The number of carbonyl (C=O) groups excluding carboxylic acids is 2. The van der Waals surface area contributed by atoms with Crippen molar-refractivity contribution in [1.29, 1.82) is 0 Å². The Bertz CT molecular complexity index is 911. The molecule has 0 spiro atoms. The highest BCUT2D eigenvalue weighted by Crippen LogP contribution is 2.33. The fraction of sp³-hybridized carbons (Fsp3) is 0.263. The molecule has 1 atom stereocenters. The number of rotatable bonds is 7. The normalized spacial score (nSPS) is 14.1. The van der Waals surface area contributed by atoms with Gasteiger partial charge in [0.25, 0.3) is 5.91 Å². The SMILES string of the molecule is C[C@@H](OC(=O)c1ccc(Oc2ccc(Cl)cc2[N+](=O)[O-])cc1)C(=O)NC1CC1. The molecule has 2 aromatic carbocycles. The van der Waals surface area contributed by atoms with E-state index in [0.29, 0.717) is 5.75 Å². The van der Waals surface area contributed by atoms with E-state index in [9.17, 15) is 19.7 Å². The van der Waals surface area contributed by atoms with E-state index >= 15 is 0 Å². The van der Waals surface area contributed by atoms with Gasteiger partial charge in [0.15, 0.2) is 6.10 Å². The van der Waals surface area contributed by atoms with Gasteiger partial charge in [-0.3, -0.25) is 14.9 Å². The molecule has 1 saturated carbocycles. The first-order valence-electron chi connectivity index (χ1n) is 8.56. The van der Waals surface area contributed by atoms with Gasteiger partial charge in [-0.25, -0.2) is 4.79 Å². The third-order valence-electron chi connectivity index (χ3n) is 4.01. The molecule has 8 nitrogen and oxygen atoms in total. The third kappa shape index (κ3) is 4.98. The van der Waals surface area contributed by atoms with Crippen LogP contribution in [0, 0.1) is 10.1 Å². The van der Waals surface area contributed by atoms with Gasteiger partial charge in [-0.05, 0) is 56.2 Å². The Balaban J connectivity index is 1.64. The predicted octanol–water partition coefficient (Wildman–Crippen LogP) is 3.86. The summed E-state index contributed by atoms with van der Waals surface area (Å²) >= 11 is 5.77. The molecule has 3 rings (SSSR count). The lowest BCUT2D eigenvalue weighted by Crippen LogP contribution is -2.37. The van der Waals surface area contributed by atoms with Crippen molar-refractivity contribution in [3.05, 3.63) is 63.2 Å². The van der Waals surface area contributed by atoms with Gasteiger partial charge in [-0.15, -0.1) is 0 Å². The minimum absolute atomic E-state index is 0.0232. The molecule has 1 aliphatic carbocycles. The summed E-state index contributed by atoms with van der Waals surface area (Å²) < 4.78 is 10.7. The number of hydrogen-bond acceptors (Lipinski definition) is 6. The van der Waals surface area contributed by atoms with Crippen LogP contribution in [0.15, 0.2) is 42.5 Å². The Morgan fingerprint density at radius 3 is 2.50 bits per heavy atom. The number of ether oxygens (including phenoxy) is 2. The molecule has 1 amide bonds. The van der Waals surface area contributed by atoms with E-state index in [-0.39, 0.29) is 34.0 Å². The zero-order chi connectivity index (χ0) is 20.3. The van der Waals surface area contributed by atoms with Crippen molar-refractivity contribution in [1.82, 2.24) is 5.32 Å². The number of esters is 1. The molecule has 2 aromatic rings. The van der Waals surface area contributed by atoms with Gasteiger partial charge in [-0.2, -0.15) is 0 Å². The molecule has 0 aromatic heterocycles. The zero-order valence-electron chi connectivity index (χ0n) is 14.9. The lowest BCUT2D eigenvalue weighted by Gasteiger charge is -2.13. The summed E-state index contributed by atoms with van der Waals surface area (Å²) in [6.07, 6.45) is 0.986. The van der Waals surface area contributed by atoms with Crippen LogP contribution in [0.25, 0.3) is 0 Å². The van der Waals surface area contributed by atoms with E-state index < -0.39 is 17.0 Å². The largest absolute Gasteiger partial charge is 0.450 e. The summed E-state index contributed by atoms with van der Waals surface area (Å²) in [5.74, 6) is -0.662. The molecule has 1 N–H and O–H groups in total. The Morgan fingerprint density at radius 2 is 1.89 bits per heavy atom. The fourth-order valence-electron chi connectivity index (χ4n) is 2.33. The molecular weight excluding hydrogens is 388 g/mol.